The van der Waals surface area contributed by atoms with Crippen LogP contribution < -0.4 is 0 Å². The first-order valence-electron chi connectivity index (χ1n) is 6.32. The van der Waals surface area contributed by atoms with E-state index < -0.39 is 17.6 Å². The molecule has 1 amide bonds. The Hall–Kier alpha value is -1.98. The molecule has 2 atom stereocenters. The minimum Gasteiger partial charge on any atom is -0.481 e. The molecule has 0 bridgehead atoms. The summed E-state index contributed by atoms with van der Waals surface area (Å²) in [5.74, 6) is -3.72. The van der Waals surface area contributed by atoms with Gasteiger partial charge in [0.05, 0.1) is 6.42 Å². The van der Waals surface area contributed by atoms with Gasteiger partial charge in [-0.05, 0) is 24.0 Å². The van der Waals surface area contributed by atoms with Crippen LogP contribution in [0.1, 0.15) is 24.3 Å². The minimum absolute atomic E-state index is 0.114. The third-order valence-electron chi connectivity index (χ3n) is 3.53. The lowest BCUT2D eigenvalue weighted by atomic mass is 10.1. The third kappa shape index (κ3) is 2.95. The summed E-state index contributed by atoms with van der Waals surface area (Å²) >= 11 is 0. The lowest BCUT2D eigenvalue weighted by molar-refractivity contribution is -0.138. The SMILES string of the molecule is CN(CCC(=O)O)C(=O)C1CC1c1cccc(F)c1F. The van der Waals surface area contributed by atoms with E-state index >= 15 is 0 Å². The Labute approximate surface area is 115 Å². The van der Waals surface area contributed by atoms with Gasteiger partial charge in [-0.3, -0.25) is 9.59 Å². The fourth-order valence-electron chi connectivity index (χ4n) is 2.28. The molecule has 1 aromatic carbocycles. The van der Waals surface area contributed by atoms with Crippen LogP contribution in [0.5, 0.6) is 0 Å². The Kier molecular flexibility index (Phi) is 4.01. The van der Waals surface area contributed by atoms with Crippen molar-refractivity contribution in [2.75, 3.05) is 13.6 Å². The number of carboxylic acids is 1. The van der Waals surface area contributed by atoms with Crippen molar-refractivity contribution in [2.24, 2.45) is 5.92 Å². The molecule has 20 heavy (non-hydrogen) atoms. The van der Waals surface area contributed by atoms with Crippen molar-refractivity contribution in [3.63, 3.8) is 0 Å². The van der Waals surface area contributed by atoms with E-state index in [2.05, 4.69) is 0 Å². The summed E-state index contributed by atoms with van der Waals surface area (Å²) in [5, 5.41) is 8.57. The molecule has 1 fully saturated rings. The molecule has 1 aliphatic rings. The highest BCUT2D eigenvalue weighted by Gasteiger charge is 2.46. The summed E-state index contributed by atoms with van der Waals surface area (Å²) in [6, 6.07) is 3.94. The van der Waals surface area contributed by atoms with Crippen LogP contribution >= 0.6 is 0 Å². The summed E-state index contributed by atoms with van der Waals surface area (Å²) in [7, 11) is 1.52. The van der Waals surface area contributed by atoms with Crippen LogP contribution in [0.15, 0.2) is 18.2 Å². The van der Waals surface area contributed by atoms with E-state index in [1.165, 1.54) is 24.1 Å². The molecule has 1 saturated carbocycles. The highest BCUT2D eigenvalue weighted by molar-refractivity contribution is 5.83. The molecule has 4 nitrogen and oxygen atoms in total. The average molecular weight is 283 g/mol. The van der Waals surface area contributed by atoms with Crippen molar-refractivity contribution in [2.45, 2.75) is 18.8 Å². The van der Waals surface area contributed by atoms with Gasteiger partial charge in [-0.2, -0.15) is 0 Å². The maximum absolute atomic E-state index is 13.6. The van der Waals surface area contributed by atoms with Crippen molar-refractivity contribution in [1.29, 1.82) is 0 Å². The van der Waals surface area contributed by atoms with Crippen LogP contribution in [-0.2, 0) is 9.59 Å². The lowest BCUT2D eigenvalue weighted by Crippen LogP contribution is -2.30. The van der Waals surface area contributed by atoms with E-state index in [1.807, 2.05) is 0 Å². The second-order valence-electron chi connectivity index (χ2n) is 5.00. The van der Waals surface area contributed by atoms with E-state index in [0.717, 1.165) is 6.07 Å². The molecule has 0 aromatic heterocycles. The zero-order chi connectivity index (χ0) is 14.9. The zero-order valence-corrected chi connectivity index (χ0v) is 11.0. The van der Waals surface area contributed by atoms with E-state index in [1.54, 1.807) is 0 Å². The fourth-order valence-corrected chi connectivity index (χ4v) is 2.28. The van der Waals surface area contributed by atoms with Crippen LogP contribution in [0.4, 0.5) is 8.78 Å². The highest BCUT2D eigenvalue weighted by Crippen LogP contribution is 2.49. The Morgan fingerprint density at radius 3 is 2.75 bits per heavy atom. The highest BCUT2D eigenvalue weighted by atomic mass is 19.2. The first-order valence-corrected chi connectivity index (χ1v) is 6.32. The summed E-state index contributed by atoms with van der Waals surface area (Å²) in [6.07, 6.45) is 0.338. The van der Waals surface area contributed by atoms with Crippen LogP contribution in [-0.4, -0.2) is 35.5 Å². The van der Waals surface area contributed by atoms with Gasteiger partial charge in [0, 0.05) is 19.5 Å². The van der Waals surface area contributed by atoms with Crippen LogP contribution in [0.25, 0.3) is 0 Å². The fraction of sp³-hybridized carbons (Fsp3) is 0.429. The molecule has 1 N–H and O–H groups in total. The molecular weight excluding hydrogens is 268 g/mol. The average Bonchev–Trinajstić information content (AvgIpc) is 3.18. The number of carbonyl (C=O) groups excluding carboxylic acids is 1. The number of amides is 1. The predicted molar refractivity (Wildman–Crippen MR) is 67.1 cm³/mol. The molecule has 1 aromatic rings. The smallest absolute Gasteiger partial charge is 0.305 e. The lowest BCUT2D eigenvalue weighted by Gasteiger charge is -2.16. The molecule has 0 radical (unpaired) electrons. The maximum Gasteiger partial charge on any atom is 0.305 e. The van der Waals surface area contributed by atoms with Gasteiger partial charge in [-0.25, -0.2) is 8.78 Å². The van der Waals surface area contributed by atoms with Gasteiger partial charge >= 0.3 is 5.97 Å². The number of rotatable bonds is 5. The number of carbonyl (C=O) groups is 2. The van der Waals surface area contributed by atoms with Crippen molar-refractivity contribution in [3.8, 4) is 0 Å². The van der Waals surface area contributed by atoms with Crippen molar-refractivity contribution in [1.82, 2.24) is 4.90 Å². The quantitative estimate of drug-likeness (QED) is 0.899. The molecule has 2 rings (SSSR count). The van der Waals surface area contributed by atoms with Crippen molar-refractivity contribution in [3.05, 3.63) is 35.4 Å². The first-order chi connectivity index (χ1) is 9.41. The summed E-state index contributed by atoms with van der Waals surface area (Å²) in [4.78, 5) is 23.8. The second-order valence-corrected chi connectivity index (χ2v) is 5.00. The number of aliphatic carboxylic acids is 1. The molecule has 0 aliphatic heterocycles. The Balaban J connectivity index is 1.99. The van der Waals surface area contributed by atoms with Crippen LogP contribution in [0.3, 0.4) is 0 Å². The summed E-state index contributed by atoms with van der Waals surface area (Å²) in [5.41, 5.74) is 0.218. The largest absolute Gasteiger partial charge is 0.481 e. The maximum atomic E-state index is 13.6. The summed E-state index contributed by atoms with van der Waals surface area (Å²) < 4.78 is 26.7. The van der Waals surface area contributed by atoms with E-state index in [9.17, 15) is 18.4 Å². The molecule has 0 saturated heterocycles. The summed E-state index contributed by atoms with van der Waals surface area (Å²) in [6.45, 7) is 0.114. The number of hydrogen-bond acceptors (Lipinski definition) is 2. The van der Waals surface area contributed by atoms with E-state index in [0.29, 0.717) is 6.42 Å². The molecule has 0 heterocycles. The van der Waals surface area contributed by atoms with Gasteiger partial charge in [0.15, 0.2) is 11.6 Å². The Morgan fingerprint density at radius 1 is 1.40 bits per heavy atom. The molecule has 108 valence electrons. The first kappa shape index (κ1) is 14.4. The molecule has 0 spiro atoms. The number of nitrogens with zero attached hydrogens (tertiary/aromatic N) is 1. The molecule has 1 aliphatic carbocycles. The van der Waals surface area contributed by atoms with Gasteiger partial charge in [-0.1, -0.05) is 12.1 Å². The third-order valence-corrected chi connectivity index (χ3v) is 3.53. The van der Waals surface area contributed by atoms with Gasteiger partial charge < -0.3 is 10.0 Å². The topological polar surface area (TPSA) is 57.6 Å². The minimum atomic E-state index is -0.979. The zero-order valence-electron chi connectivity index (χ0n) is 11.0. The Morgan fingerprint density at radius 2 is 2.10 bits per heavy atom. The van der Waals surface area contributed by atoms with E-state index in [-0.39, 0.29) is 36.3 Å². The normalized spacial score (nSPS) is 20.6. The van der Waals surface area contributed by atoms with Crippen LogP contribution in [0.2, 0.25) is 0 Å². The number of halogens is 2. The standard InChI is InChI=1S/C14H15F2NO3/c1-17(6-5-12(18)19)14(20)10-7-9(10)8-3-2-4-11(15)13(8)16/h2-4,9-10H,5-7H2,1H3,(H,18,19). The number of benzene rings is 1. The van der Waals surface area contributed by atoms with Gasteiger partial charge in [0.1, 0.15) is 0 Å². The number of hydrogen-bond donors (Lipinski definition) is 1. The second kappa shape index (κ2) is 5.56. The monoisotopic (exact) mass is 283 g/mol. The van der Waals surface area contributed by atoms with Crippen LogP contribution in [0, 0.1) is 17.6 Å². The van der Waals surface area contributed by atoms with E-state index in [4.69, 9.17) is 5.11 Å². The predicted octanol–water partition coefficient (Wildman–Crippen LogP) is 2.00. The van der Waals surface area contributed by atoms with Gasteiger partial charge in [0.2, 0.25) is 5.91 Å². The van der Waals surface area contributed by atoms with Crippen molar-refractivity contribution >= 4 is 11.9 Å². The van der Waals surface area contributed by atoms with Gasteiger partial charge in [-0.15, -0.1) is 0 Å². The van der Waals surface area contributed by atoms with Gasteiger partial charge in [0.25, 0.3) is 0 Å². The number of carboxylic acid groups (broad SMARTS) is 1. The Bertz CT molecular complexity index is 547. The molecule has 2 unspecified atom stereocenters. The molecule has 6 heteroatoms. The molecular formula is C14H15F2NO3. The van der Waals surface area contributed by atoms with Crippen molar-refractivity contribution < 1.29 is 23.5 Å².